The molecule has 0 bridgehead atoms. The van der Waals surface area contributed by atoms with Crippen LogP contribution in [0.1, 0.15) is 42.0 Å². The second-order valence-corrected chi connectivity index (χ2v) is 4.88. The summed E-state index contributed by atoms with van der Waals surface area (Å²) in [7, 11) is 1.72. The van der Waals surface area contributed by atoms with E-state index >= 15 is 0 Å². The number of alkyl halides is 3. The lowest BCUT2D eigenvalue weighted by atomic mass is 9.98. The van der Waals surface area contributed by atoms with Crippen molar-refractivity contribution in [3.63, 3.8) is 0 Å². The standard InChI is InChI=1S/C14H18F3N/c1-18-13(7-8-14(15,16)17)12-6-5-10-3-2-4-11(10)9-12/h5-6,9,13,18H,2-4,7-8H2,1H3. The first kappa shape index (κ1) is 13.4. The maximum absolute atomic E-state index is 12.3. The van der Waals surface area contributed by atoms with Crippen molar-refractivity contribution in [1.82, 2.24) is 5.32 Å². The number of aryl methyl sites for hydroxylation is 2. The number of nitrogens with one attached hydrogen (secondary N) is 1. The summed E-state index contributed by atoms with van der Waals surface area (Å²) >= 11 is 0. The number of benzene rings is 1. The summed E-state index contributed by atoms with van der Waals surface area (Å²) in [5.74, 6) is 0. The molecule has 4 heteroatoms. The number of fused-ring (bicyclic) bond motifs is 1. The van der Waals surface area contributed by atoms with Crippen LogP contribution < -0.4 is 5.32 Å². The minimum absolute atomic E-state index is 0.0960. The van der Waals surface area contributed by atoms with Gasteiger partial charge < -0.3 is 5.32 Å². The summed E-state index contributed by atoms with van der Waals surface area (Å²) in [4.78, 5) is 0. The number of halogens is 3. The molecule has 1 aliphatic rings. The summed E-state index contributed by atoms with van der Waals surface area (Å²) in [6.45, 7) is 0. The normalized spacial score (nSPS) is 16.7. The summed E-state index contributed by atoms with van der Waals surface area (Å²) in [6, 6.07) is 5.88. The lowest BCUT2D eigenvalue weighted by Gasteiger charge is -2.18. The van der Waals surface area contributed by atoms with E-state index in [0.29, 0.717) is 0 Å². The van der Waals surface area contributed by atoms with Gasteiger partial charge in [-0.25, -0.2) is 0 Å². The first-order valence-electron chi connectivity index (χ1n) is 6.35. The molecule has 0 saturated heterocycles. The maximum Gasteiger partial charge on any atom is 0.389 e. The monoisotopic (exact) mass is 257 g/mol. The van der Waals surface area contributed by atoms with Gasteiger partial charge in [-0.15, -0.1) is 0 Å². The van der Waals surface area contributed by atoms with Gasteiger partial charge in [-0.1, -0.05) is 18.2 Å². The fourth-order valence-electron chi connectivity index (χ4n) is 2.59. The van der Waals surface area contributed by atoms with Crippen LogP contribution in [-0.4, -0.2) is 13.2 Å². The lowest BCUT2D eigenvalue weighted by Crippen LogP contribution is -2.19. The lowest BCUT2D eigenvalue weighted by molar-refractivity contribution is -0.136. The molecule has 1 aliphatic carbocycles. The second-order valence-electron chi connectivity index (χ2n) is 4.88. The van der Waals surface area contributed by atoms with Crippen molar-refractivity contribution in [3.8, 4) is 0 Å². The highest BCUT2D eigenvalue weighted by Crippen LogP contribution is 2.30. The Kier molecular flexibility index (Phi) is 3.95. The maximum atomic E-state index is 12.3. The summed E-state index contributed by atoms with van der Waals surface area (Å²) in [5.41, 5.74) is 3.63. The van der Waals surface area contributed by atoms with Crippen LogP contribution in [0.15, 0.2) is 18.2 Å². The Bertz CT molecular complexity index is 412. The van der Waals surface area contributed by atoms with Crippen LogP contribution in [0.25, 0.3) is 0 Å². The Morgan fingerprint density at radius 3 is 2.61 bits per heavy atom. The molecule has 1 nitrogen and oxygen atoms in total. The average Bonchev–Trinajstić information content (AvgIpc) is 2.75. The fourth-order valence-corrected chi connectivity index (χ4v) is 2.59. The Morgan fingerprint density at radius 2 is 1.94 bits per heavy atom. The molecule has 0 radical (unpaired) electrons. The van der Waals surface area contributed by atoms with Crippen LogP contribution in [0, 0.1) is 0 Å². The molecule has 0 fully saturated rings. The van der Waals surface area contributed by atoms with E-state index in [1.54, 1.807) is 7.05 Å². The molecule has 100 valence electrons. The Labute approximate surface area is 105 Å². The highest BCUT2D eigenvalue weighted by atomic mass is 19.4. The van der Waals surface area contributed by atoms with Gasteiger partial charge in [0.25, 0.3) is 0 Å². The molecule has 1 aromatic rings. The highest BCUT2D eigenvalue weighted by molar-refractivity contribution is 5.36. The van der Waals surface area contributed by atoms with Crippen molar-refractivity contribution in [3.05, 3.63) is 34.9 Å². The van der Waals surface area contributed by atoms with Gasteiger partial charge in [-0.3, -0.25) is 0 Å². The van der Waals surface area contributed by atoms with E-state index in [2.05, 4.69) is 17.4 Å². The molecule has 2 rings (SSSR count). The number of hydrogen-bond donors (Lipinski definition) is 1. The van der Waals surface area contributed by atoms with Crippen LogP contribution in [0.4, 0.5) is 13.2 Å². The zero-order valence-electron chi connectivity index (χ0n) is 10.5. The van der Waals surface area contributed by atoms with Crippen molar-refractivity contribution >= 4 is 0 Å². The van der Waals surface area contributed by atoms with Crippen LogP contribution in [0.2, 0.25) is 0 Å². The van der Waals surface area contributed by atoms with E-state index < -0.39 is 12.6 Å². The Hall–Kier alpha value is -1.03. The highest BCUT2D eigenvalue weighted by Gasteiger charge is 2.28. The van der Waals surface area contributed by atoms with E-state index in [9.17, 15) is 13.2 Å². The van der Waals surface area contributed by atoms with E-state index in [0.717, 1.165) is 24.8 Å². The zero-order chi connectivity index (χ0) is 13.2. The Balaban J connectivity index is 2.08. The molecule has 1 unspecified atom stereocenters. The minimum atomic E-state index is -4.08. The van der Waals surface area contributed by atoms with Crippen molar-refractivity contribution in [2.45, 2.75) is 44.3 Å². The van der Waals surface area contributed by atoms with Crippen LogP contribution >= 0.6 is 0 Å². The van der Waals surface area contributed by atoms with Crippen molar-refractivity contribution < 1.29 is 13.2 Å². The van der Waals surface area contributed by atoms with E-state index in [4.69, 9.17) is 0 Å². The minimum Gasteiger partial charge on any atom is -0.313 e. The Morgan fingerprint density at radius 1 is 1.22 bits per heavy atom. The third-order valence-electron chi connectivity index (χ3n) is 3.59. The van der Waals surface area contributed by atoms with E-state index in [1.165, 1.54) is 11.1 Å². The topological polar surface area (TPSA) is 12.0 Å². The van der Waals surface area contributed by atoms with Gasteiger partial charge in [0.05, 0.1) is 0 Å². The molecule has 0 heterocycles. The largest absolute Gasteiger partial charge is 0.389 e. The van der Waals surface area contributed by atoms with Gasteiger partial charge in [0.2, 0.25) is 0 Å². The molecule has 0 spiro atoms. The predicted molar refractivity (Wildman–Crippen MR) is 65.6 cm³/mol. The van der Waals surface area contributed by atoms with Gasteiger partial charge in [0, 0.05) is 12.5 Å². The van der Waals surface area contributed by atoms with Gasteiger partial charge in [-0.2, -0.15) is 13.2 Å². The SMILES string of the molecule is CNC(CCC(F)(F)F)c1ccc2c(c1)CCC2. The van der Waals surface area contributed by atoms with Gasteiger partial charge in [0.1, 0.15) is 0 Å². The van der Waals surface area contributed by atoms with E-state index in [1.807, 2.05) is 6.07 Å². The van der Waals surface area contributed by atoms with Gasteiger partial charge >= 0.3 is 6.18 Å². The molecule has 0 saturated carbocycles. The summed E-state index contributed by atoms with van der Waals surface area (Å²) < 4.78 is 36.8. The molecule has 0 amide bonds. The first-order chi connectivity index (χ1) is 8.49. The average molecular weight is 257 g/mol. The molecule has 1 atom stereocenters. The molecular formula is C14H18F3N. The third-order valence-corrected chi connectivity index (χ3v) is 3.59. The predicted octanol–water partition coefficient (Wildman–Crippen LogP) is 3.78. The van der Waals surface area contributed by atoms with Crippen molar-refractivity contribution in [1.29, 1.82) is 0 Å². The van der Waals surface area contributed by atoms with Gasteiger partial charge in [-0.05, 0) is 49.4 Å². The van der Waals surface area contributed by atoms with Crippen molar-refractivity contribution in [2.75, 3.05) is 7.05 Å². The second kappa shape index (κ2) is 5.31. The molecule has 18 heavy (non-hydrogen) atoms. The first-order valence-corrected chi connectivity index (χ1v) is 6.35. The summed E-state index contributed by atoms with van der Waals surface area (Å²) in [6.07, 6.45) is -1.41. The zero-order valence-corrected chi connectivity index (χ0v) is 10.5. The fraction of sp³-hybridized carbons (Fsp3) is 0.571. The summed E-state index contributed by atoms with van der Waals surface area (Å²) in [5, 5.41) is 2.98. The molecule has 1 N–H and O–H groups in total. The van der Waals surface area contributed by atoms with Crippen LogP contribution in [-0.2, 0) is 12.8 Å². The quantitative estimate of drug-likeness (QED) is 0.865. The van der Waals surface area contributed by atoms with Gasteiger partial charge in [0.15, 0.2) is 0 Å². The number of hydrogen-bond acceptors (Lipinski definition) is 1. The number of rotatable bonds is 4. The van der Waals surface area contributed by atoms with E-state index in [-0.39, 0.29) is 12.5 Å². The molecule has 0 aliphatic heterocycles. The molecule has 0 aromatic heterocycles. The molecule has 1 aromatic carbocycles. The van der Waals surface area contributed by atoms with Crippen LogP contribution in [0.5, 0.6) is 0 Å². The smallest absolute Gasteiger partial charge is 0.313 e. The van der Waals surface area contributed by atoms with Crippen LogP contribution in [0.3, 0.4) is 0 Å². The molecular weight excluding hydrogens is 239 g/mol. The third kappa shape index (κ3) is 3.25. The van der Waals surface area contributed by atoms with Crippen molar-refractivity contribution in [2.24, 2.45) is 0 Å².